The summed E-state index contributed by atoms with van der Waals surface area (Å²) in [4.78, 5) is 27.9. The highest BCUT2D eigenvalue weighted by Crippen LogP contribution is 2.25. The second-order valence-corrected chi connectivity index (χ2v) is 9.59. The molecule has 2 amide bonds. The highest BCUT2D eigenvalue weighted by Gasteiger charge is 2.23. The molecular formula is C25H30BrN3O3S. The number of likely N-dealkylation sites (tertiary alicyclic amines) is 1. The Labute approximate surface area is 209 Å². The normalized spacial score (nSPS) is 14.0. The van der Waals surface area contributed by atoms with Gasteiger partial charge in [-0.3, -0.25) is 14.9 Å². The van der Waals surface area contributed by atoms with E-state index in [0.717, 1.165) is 43.2 Å². The van der Waals surface area contributed by atoms with Crippen molar-refractivity contribution in [1.29, 1.82) is 0 Å². The minimum atomic E-state index is -0.380. The first kappa shape index (κ1) is 25.2. The number of nitrogens with zero attached hydrogens (tertiary/aromatic N) is 1. The Morgan fingerprint density at radius 3 is 2.61 bits per heavy atom. The van der Waals surface area contributed by atoms with Crippen LogP contribution in [0.1, 0.15) is 60.2 Å². The van der Waals surface area contributed by atoms with Crippen molar-refractivity contribution < 1.29 is 14.3 Å². The summed E-state index contributed by atoms with van der Waals surface area (Å²) in [6.45, 7) is 6.32. The molecule has 0 atom stereocenters. The van der Waals surface area contributed by atoms with Gasteiger partial charge in [-0.15, -0.1) is 0 Å². The lowest BCUT2D eigenvalue weighted by molar-refractivity contribution is 0.0698. The van der Waals surface area contributed by atoms with Gasteiger partial charge in [0.25, 0.3) is 11.8 Å². The zero-order chi connectivity index (χ0) is 23.8. The van der Waals surface area contributed by atoms with Crippen LogP contribution < -0.4 is 15.4 Å². The Bertz CT molecular complexity index is 1010. The Balaban J connectivity index is 1.69. The molecule has 33 heavy (non-hydrogen) atoms. The SMILES string of the molecule is CCCCOc1ccc(Br)cc1C(=O)NC(=S)Nc1ccccc1C(=O)N1CCC(C)CC1. The van der Waals surface area contributed by atoms with Crippen LogP contribution in [0.25, 0.3) is 0 Å². The largest absolute Gasteiger partial charge is 0.493 e. The Hall–Kier alpha value is -2.45. The van der Waals surface area contributed by atoms with E-state index in [9.17, 15) is 9.59 Å². The van der Waals surface area contributed by atoms with Crippen LogP contribution in [0, 0.1) is 5.92 Å². The van der Waals surface area contributed by atoms with Crippen molar-refractivity contribution in [3.63, 3.8) is 0 Å². The molecule has 0 spiro atoms. The van der Waals surface area contributed by atoms with E-state index in [1.807, 2.05) is 23.1 Å². The van der Waals surface area contributed by atoms with Gasteiger partial charge in [0, 0.05) is 17.6 Å². The maximum atomic E-state index is 13.1. The zero-order valence-corrected chi connectivity index (χ0v) is 21.4. The first-order valence-electron chi connectivity index (χ1n) is 11.3. The van der Waals surface area contributed by atoms with E-state index in [2.05, 4.69) is 40.4 Å². The molecule has 1 saturated heterocycles. The topological polar surface area (TPSA) is 70.7 Å². The fourth-order valence-electron chi connectivity index (χ4n) is 3.62. The molecular weight excluding hydrogens is 502 g/mol. The van der Waals surface area contributed by atoms with E-state index in [1.54, 1.807) is 24.3 Å². The Morgan fingerprint density at radius 2 is 1.88 bits per heavy atom. The van der Waals surface area contributed by atoms with Gasteiger partial charge in [-0.2, -0.15) is 0 Å². The molecule has 0 aliphatic carbocycles. The zero-order valence-electron chi connectivity index (χ0n) is 19.0. The summed E-state index contributed by atoms with van der Waals surface area (Å²) in [7, 11) is 0. The second kappa shape index (κ2) is 12.1. The highest BCUT2D eigenvalue weighted by atomic mass is 79.9. The van der Waals surface area contributed by atoms with Crippen molar-refractivity contribution >= 4 is 50.8 Å². The number of ether oxygens (including phenoxy) is 1. The molecule has 2 aromatic rings. The molecule has 176 valence electrons. The van der Waals surface area contributed by atoms with Crippen LogP contribution in [0.3, 0.4) is 0 Å². The second-order valence-electron chi connectivity index (χ2n) is 8.27. The monoisotopic (exact) mass is 531 g/mol. The lowest BCUT2D eigenvalue weighted by Crippen LogP contribution is -2.39. The van der Waals surface area contributed by atoms with Crippen LogP contribution in [-0.2, 0) is 0 Å². The first-order valence-corrected chi connectivity index (χ1v) is 12.5. The summed E-state index contributed by atoms with van der Waals surface area (Å²) in [5, 5.41) is 5.85. The van der Waals surface area contributed by atoms with Crippen LogP contribution in [0.4, 0.5) is 5.69 Å². The predicted molar refractivity (Wildman–Crippen MR) is 139 cm³/mol. The van der Waals surface area contributed by atoms with Gasteiger partial charge in [0.05, 0.1) is 23.4 Å². The van der Waals surface area contributed by atoms with Gasteiger partial charge >= 0.3 is 0 Å². The fourth-order valence-corrected chi connectivity index (χ4v) is 4.18. The number of carbonyl (C=O) groups is 2. The molecule has 3 rings (SSSR count). The van der Waals surface area contributed by atoms with Gasteiger partial charge in [-0.05, 0) is 67.7 Å². The van der Waals surface area contributed by atoms with Crippen molar-refractivity contribution in [3.8, 4) is 5.75 Å². The molecule has 0 saturated carbocycles. The van der Waals surface area contributed by atoms with Crippen LogP contribution >= 0.6 is 28.1 Å². The van der Waals surface area contributed by atoms with E-state index in [0.29, 0.717) is 35.1 Å². The lowest BCUT2D eigenvalue weighted by atomic mass is 9.98. The van der Waals surface area contributed by atoms with E-state index in [1.165, 1.54) is 0 Å². The fraction of sp³-hybridized carbons (Fsp3) is 0.400. The van der Waals surface area contributed by atoms with Crippen LogP contribution in [-0.4, -0.2) is 41.5 Å². The number of anilines is 1. The number of rotatable bonds is 7. The molecule has 2 aromatic carbocycles. The molecule has 6 nitrogen and oxygen atoms in total. The van der Waals surface area contributed by atoms with Gasteiger partial charge in [0.15, 0.2) is 5.11 Å². The number of piperidine rings is 1. The molecule has 1 fully saturated rings. The lowest BCUT2D eigenvalue weighted by Gasteiger charge is -2.31. The molecule has 1 aliphatic heterocycles. The smallest absolute Gasteiger partial charge is 0.261 e. The number of benzene rings is 2. The summed E-state index contributed by atoms with van der Waals surface area (Å²) in [6.07, 6.45) is 3.91. The number of thiocarbonyl (C=S) groups is 1. The minimum absolute atomic E-state index is 0.0299. The number of para-hydroxylation sites is 1. The Kier molecular flexibility index (Phi) is 9.26. The van der Waals surface area contributed by atoms with Gasteiger partial charge in [-0.1, -0.05) is 48.3 Å². The number of unbranched alkanes of at least 4 members (excludes halogenated alkanes) is 1. The molecule has 0 unspecified atom stereocenters. The quantitative estimate of drug-likeness (QED) is 0.358. The summed E-state index contributed by atoms with van der Waals surface area (Å²) in [5.41, 5.74) is 1.49. The average molecular weight is 533 g/mol. The number of nitrogens with one attached hydrogen (secondary N) is 2. The maximum Gasteiger partial charge on any atom is 0.261 e. The minimum Gasteiger partial charge on any atom is -0.493 e. The highest BCUT2D eigenvalue weighted by molar-refractivity contribution is 9.10. The summed E-state index contributed by atoms with van der Waals surface area (Å²) in [6, 6.07) is 12.5. The van der Waals surface area contributed by atoms with Crippen molar-refractivity contribution in [2.75, 3.05) is 25.0 Å². The molecule has 1 heterocycles. The third kappa shape index (κ3) is 7.01. The van der Waals surface area contributed by atoms with Crippen molar-refractivity contribution in [1.82, 2.24) is 10.2 Å². The maximum absolute atomic E-state index is 13.1. The summed E-state index contributed by atoms with van der Waals surface area (Å²) < 4.78 is 6.55. The number of carbonyl (C=O) groups excluding carboxylic acids is 2. The Morgan fingerprint density at radius 1 is 1.15 bits per heavy atom. The molecule has 0 bridgehead atoms. The first-order chi connectivity index (χ1) is 15.9. The van der Waals surface area contributed by atoms with E-state index in [4.69, 9.17) is 17.0 Å². The number of hydrogen-bond donors (Lipinski definition) is 2. The van der Waals surface area contributed by atoms with Crippen molar-refractivity contribution in [3.05, 3.63) is 58.1 Å². The van der Waals surface area contributed by atoms with Gasteiger partial charge in [-0.25, -0.2) is 0 Å². The standard InChI is InChI=1S/C25H30BrN3O3S/c1-3-4-15-32-22-10-9-18(26)16-20(22)23(30)28-25(33)27-21-8-6-5-7-19(21)24(31)29-13-11-17(2)12-14-29/h5-10,16-17H,3-4,11-15H2,1-2H3,(H2,27,28,30,33). The van der Waals surface area contributed by atoms with Gasteiger partial charge < -0.3 is 15.0 Å². The van der Waals surface area contributed by atoms with E-state index in [-0.39, 0.29) is 16.9 Å². The van der Waals surface area contributed by atoms with E-state index < -0.39 is 0 Å². The summed E-state index contributed by atoms with van der Waals surface area (Å²) in [5.74, 6) is 0.729. The predicted octanol–water partition coefficient (Wildman–Crippen LogP) is 5.63. The van der Waals surface area contributed by atoms with Gasteiger partial charge in [0.2, 0.25) is 0 Å². The molecule has 2 N–H and O–H groups in total. The van der Waals surface area contributed by atoms with E-state index >= 15 is 0 Å². The third-order valence-electron chi connectivity index (χ3n) is 5.65. The number of amides is 2. The van der Waals surface area contributed by atoms with Crippen molar-refractivity contribution in [2.24, 2.45) is 5.92 Å². The van der Waals surface area contributed by atoms with Crippen LogP contribution in [0.5, 0.6) is 5.75 Å². The van der Waals surface area contributed by atoms with Gasteiger partial charge in [0.1, 0.15) is 5.75 Å². The number of halogens is 1. The van der Waals surface area contributed by atoms with Crippen LogP contribution in [0.15, 0.2) is 46.9 Å². The molecule has 0 radical (unpaired) electrons. The van der Waals surface area contributed by atoms with Crippen LogP contribution in [0.2, 0.25) is 0 Å². The molecule has 1 aliphatic rings. The molecule has 8 heteroatoms. The summed E-state index contributed by atoms with van der Waals surface area (Å²) >= 11 is 8.80. The van der Waals surface area contributed by atoms with Crippen molar-refractivity contribution in [2.45, 2.75) is 39.5 Å². The third-order valence-corrected chi connectivity index (χ3v) is 6.34. The average Bonchev–Trinajstić information content (AvgIpc) is 2.80. The molecule has 0 aromatic heterocycles. The number of hydrogen-bond acceptors (Lipinski definition) is 4.